The molecule has 1 aliphatic rings. The zero-order chi connectivity index (χ0) is 13.7. The molecule has 20 heavy (non-hydrogen) atoms. The van der Waals surface area contributed by atoms with E-state index >= 15 is 0 Å². The molecule has 0 saturated carbocycles. The van der Waals surface area contributed by atoms with Gasteiger partial charge in [-0.25, -0.2) is 0 Å². The van der Waals surface area contributed by atoms with Crippen molar-refractivity contribution < 1.29 is 31.0 Å². The van der Waals surface area contributed by atoms with Crippen molar-refractivity contribution in [2.24, 2.45) is 0 Å². The molecule has 1 heterocycles. The number of methoxy groups -OCH3 is 1. The van der Waals surface area contributed by atoms with Crippen molar-refractivity contribution in [3.05, 3.63) is 29.8 Å². The van der Waals surface area contributed by atoms with E-state index in [0.717, 1.165) is 35.4 Å². The Morgan fingerprint density at radius 3 is 2.25 bits per heavy atom. The monoisotopic (exact) mass is 341 g/mol. The number of Topliss-reactive ketones (excluding diaryl/α,β-unsaturated/α-hetero) is 1. The molecule has 0 N–H and O–H groups in total. The predicted molar refractivity (Wildman–Crippen MR) is 76.6 cm³/mol. The standard InChI is InChI=1S/C16H24NO2.BrH/c1-3-17(11-5-4-6-12-17)13-16(18)14-7-9-15(19-2)10-8-14;/h7-10H,3-6,11-13H2,1-2H3;1H/q+1;/p-1. The van der Waals surface area contributed by atoms with Crippen molar-refractivity contribution in [1.82, 2.24) is 0 Å². The van der Waals surface area contributed by atoms with Crippen LogP contribution >= 0.6 is 0 Å². The van der Waals surface area contributed by atoms with Gasteiger partial charge >= 0.3 is 0 Å². The van der Waals surface area contributed by atoms with Gasteiger partial charge in [-0.2, -0.15) is 0 Å². The van der Waals surface area contributed by atoms with Gasteiger partial charge in [0.15, 0.2) is 0 Å². The van der Waals surface area contributed by atoms with Crippen LogP contribution in [-0.2, 0) is 0 Å². The molecule has 0 atom stereocenters. The van der Waals surface area contributed by atoms with E-state index < -0.39 is 0 Å². The lowest BCUT2D eigenvalue weighted by Crippen LogP contribution is -3.00. The number of rotatable bonds is 5. The number of halogens is 1. The maximum Gasteiger partial charge on any atom is 0.216 e. The van der Waals surface area contributed by atoms with Gasteiger partial charge in [-0.15, -0.1) is 0 Å². The fourth-order valence-electron chi connectivity index (χ4n) is 2.94. The third-order valence-electron chi connectivity index (χ3n) is 4.33. The molecule has 0 radical (unpaired) electrons. The third-order valence-corrected chi connectivity index (χ3v) is 4.33. The molecule has 0 unspecified atom stereocenters. The lowest BCUT2D eigenvalue weighted by Gasteiger charge is -2.40. The fourth-order valence-corrected chi connectivity index (χ4v) is 2.94. The zero-order valence-electron chi connectivity index (χ0n) is 12.4. The number of carbonyl (C=O) groups excluding carboxylic acids is 1. The summed E-state index contributed by atoms with van der Waals surface area (Å²) in [6.45, 7) is 6.20. The molecule has 4 heteroatoms. The molecular weight excluding hydrogens is 318 g/mol. The number of nitrogens with zero attached hydrogens (tertiary/aromatic N) is 1. The number of ketones is 1. The van der Waals surface area contributed by atoms with Gasteiger partial charge in [0.05, 0.1) is 26.7 Å². The maximum atomic E-state index is 12.4. The van der Waals surface area contributed by atoms with E-state index in [0.29, 0.717) is 6.54 Å². The van der Waals surface area contributed by atoms with Crippen LogP contribution in [0.2, 0.25) is 0 Å². The van der Waals surface area contributed by atoms with Crippen molar-refractivity contribution in [3.63, 3.8) is 0 Å². The van der Waals surface area contributed by atoms with E-state index in [-0.39, 0.29) is 22.8 Å². The molecule has 112 valence electrons. The molecule has 1 fully saturated rings. The van der Waals surface area contributed by atoms with E-state index in [9.17, 15) is 4.79 Å². The smallest absolute Gasteiger partial charge is 0.216 e. The summed E-state index contributed by atoms with van der Waals surface area (Å²) in [6, 6.07) is 7.47. The Kier molecular flexibility index (Phi) is 6.69. The van der Waals surface area contributed by atoms with Crippen LogP contribution in [0, 0.1) is 0 Å². The van der Waals surface area contributed by atoms with Gasteiger partial charge in [-0.05, 0) is 50.5 Å². The molecule has 3 nitrogen and oxygen atoms in total. The quantitative estimate of drug-likeness (QED) is 0.552. The highest BCUT2D eigenvalue weighted by Crippen LogP contribution is 2.20. The first kappa shape index (κ1) is 17.2. The minimum absolute atomic E-state index is 0. The summed E-state index contributed by atoms with van der Waals surface area (Å²) < 4.78 is 6.09. The van der Waals surface area contributed by atoms with Gasteiger partial charge in [0.25, 0.3) is 0 Å². The second kappa shape index (κ2) is 7.79. The summed E-state index contributed by atoms with van der Waals surface area (Å²) in [6.07, 6.45) is 3.82. The number of ether oxygens (including phenoxy) is 1. The van der Waals surface area contributed by atoms with Gasteiger partial charge in [0, 0.05) is 5.56 Å². The zero-order valence-corrected chi connectivity index (χ0v) is 14.0. The van der Waals surface area contributed by atoms with Gasteiger partial charge in [-0.1, -0.05) is 0 Å². The van der Waals surface area contributed by atoms with Crippen molar-refractivity contribution in [1.29, 1.82) is 0 Å². The van der Waals surface area contributed by atoms with Crippen LogP contribution in [0.1, 0.15) is 36.5 Å². The van der Waals surface area contributed by atoms with Crippen LogP contribution in [0.25, 0.3) is 0 Å². The minimum Gasteiger partial charge on any atom is -1.00 e. The number of likely N-dealkylation sites (tertiary alicyclic amines) is 1. The second-order valence-electron chi connectivity index (χ2n) is 5.48. The molecule has 0 aliphatic carbocycles. The normalized spacial score (nSPS) is 17.1. The lowest BCUT2D eigenvalue weighted by atomic mass is 10.0. The van der Waals surface area contributed by atoms with E-state index in [2.05, 4.69) is 6.92 Å². The number of hydrogen-bond donors (Lipinski definition) is 0. The van der Waals surface area contributed by atoms with Crippen molar-refractivity contribution in [2.45, 2.75) is 26.2 Å². The Morgan fingerprint density at radius 2 is 1.75 bits per heavy atom. The summed E-state index contributed by atoms with van der Waals surface area (Å²) in [5, 5.41) is 0. The number of hydrogen-bond acceptors (Lipinski definition) is 2. The Bertz CT molecular complexity index is 425. The molecule has 1 aromatic carbocycles. The highest BCUT2D eigenvalue weighted by Gasteiger charge is 2.30. The average molecular weight is 342 g/mol. The Labute approximate surface area is 132 Å². The van der Waals surface area contributed by atoms with Crippen LogP contribution in [0.15, 0.2) is 24.3 Å². The summed E-state index contributed by atoms with van der Waals surface area (Å²) in [4.78, 5) is 12.4. The Morgan fingerprint density at radius 1 is 1.15 bits per heavy atom. The maximum absolute atomic E-state index is 12.4. The van der Waals surface area contributed by atoms with Crippen LogP contribution in [-0.4, -0.2) is 43.6 Å². The molecular formula is C16H24BrNO2. The molecule has 1 aliphatic heterocycles. The first-order valence-electron chi connectivity index (χ1n) is 7.21. The van der Waals surface area contributed by atoms with Gasteiger partial charge in [0.1, 0.15) is 12.3 Å². The minimum atomic E-state index is 0. The van der Waals surface area contributed by atoms with E-state index in [1.165, 1.54) is 19.3 Å². The van der Waals surface area contributed by atoms with Crippen LogP contribution in [0.4, 0.5) is 0 Å². The average Bonchev–Trinajstić information content (AvgIpc) is 2.48. The van der Waals surface area contributed by atoms with E-state index in [4.69, 9.17) is 4.74 Å². The summed E-state index contributed by atoms with van der Waals surface area (Å²) in [5.74, 6) is 1.06. The van der Waals surface area contributed by atoms with Crippen LogP contribution in [0.5, 0.6) is 5.75 Å². The number of likely N-dealkylation sites (N-methyl/N-ethyl adjacent to an activating group) is 1. The first-order valence-corrected chi connectivity index (χ1v) is 7.21. The molecule has 0 aromatic heterocycles. The summed E-state index contributed by atoms with van der Waals surface area (Å²) in [5.41, 5.74) is 0.803. The SMILES string of the molecule is CC[N+]1(CC(=O)c2ccc(OC)cc2)CCCCC1.[Br-]. The second-order valence-corrected chi connectivity index (χ2v) is 5.48. The van der Waals surface area contributed by atoms with Crippen LogP contribution < -0.4 is 21.7 Å². The third kappa shape index (κ3) is 4.06. The summed E-state index contributed by atoms with van der Waals surface area (Å²) in [7, 11) is 1.64. The van der Waals surface area contributed by atoms with Gasteiger partial charge in [0.2, 0.25) is 5.78 Å². The number of benzene rings is 1. The molecule has 2 rings (SSSR count). The largest absolute Gasteiger partial charge is 1.00 e. The van der Waals surface area contributed by atoms with Crippen molar-refractivity contribution >= 4 is 5.78 Å². The van der Waals surface area contributed by atoms with Crippen molar-refractivity contribution in [3.8, 4) is 5.75 Å². The lowest BCUT2D eigenvalue weighted by molar-refractivity contribution is -0.923. The molecule has 0 bridgehead atoms. The molecule has 1 aromatic rings. The topological polar surface area (TPSA) is 26.3 Å². The fraction of sp³-hybridized carbons (Fsp3) is 0.562. The highest BCUT2D eigenvalue weighted by atomic mass is 79.9. The van der Waals surface area contributed by atoms with Crippen LogP contribution in [0.3, 0.4) is 0 Å². The van der Waals surface area contributed by atoms with Gasteiger partial charge in [-0.3, -0.25) is 4.79 Å². The molecule has 1 saturated heterocycles. The highest BCUT2D eigenvalue weighted by molar-refractivity contribution is 5.97. The van der Waals surface area contributed by atoms with E-state index in [1.807, 2.05) is 24.3 Å². The molecule has 0 spiro atoms. The Balaban J connectivity index is 0.00000200. The summed E-state index contributed by atoms with van der Waals surface area (Å²) >= 11 is 0. The number of piperidine rings is 1. The first-order chi connectivity index (χ1) is 9.19. The number of quaternary nitrogens is 1. The van der Waals surface area contributed by atoms with Crippen molar-refractivity contribution in [2.75, 3.05) is 33.3 Å². The van der Waals surface area contributed by atoms with E-state index in [1.54, 1.807) is 7.11 Å². The number of carbonyl (C=O) groups is 1. The van der Waals surface area contributed by atoms with Gasteiger partial charge < -0.3 is 26.2 Å². The molecule has 0 amide bonds. The predicted octanol–water partition coefficient (Wildman–Crippen LogP) is -0.0975. The Hall–Kier alpha value is -0.870.